The Balaban J connectivity index is 2.13. The Morgan fingerprint density at radius 2 is 2.21 bits per heavy atom. The van der Waals surface area contributed by atoms with Gasteiger partial charge < -0.3 is 5.73 Å². The minimum atomic E-state index is -3.83. The molecule has 0 saturated carbocycles. The SMILES string of the molecule is Nc1ccncc1S(=O)(=O)NCC1CCCS1(=O)=O. The molecule has 1 aromatic rings. The molecule has 0 spiro atoms. The number of nitrogens with one attached hydrogen (secondary N) is 1. The molecule has 0 bridgehead atoms. The van der Waals surface area contributed by atoms with E-state index in [9.17, 15) is 16.8 Å². The lowest BCUT2D eigenvalue weighted by Gasteiger charge is -2.12. The average Bonchev–Trinajstić information content (AvgIpc) is 2.66. The molecule has 0 aliphatic carbocycles. The first kappa shape index (κ1) is 14.2. The Labute approximate surface area is 112 Å². The highest BCUT2D eigenvalue weighted by Crippen LogP contribution is 2.20. The summed E-state index contributed by atoms with van der Waals surface area (Å²) in [6.45, 7) is -0.126. The molecule has 2 heterocycles. The standard InChI is InChI=1S/C10H15N3O4S2/c11-9-3-4-12-7-10(9)19(16,17)13-6-8-2-1-5-18(8,14)15/h3-4,7-8,13H,1-2,5-6H2,(H2,11,12). The maximum absolute atomic E-state index is 12.0. The highest BCUT2D eigenvalue weighted by Gasteiger charge is 2.32. The summed E-state index contributed by atoms with van der Waals surface area (Å²) in [6, 6.07) is 1.38. The Morgan fingerprint density at radius 1 is 1.47 bits per heavy atom. The van der Waals surface area contributed by atoms with Crippen molar-refractivity contribution in [3.8, 4) is 0 Å². The van der Waals surface area contributed by atoms with E-state index in [2.05, 4.69) is 9.71 Å². The molecule has 3 N–H and O–H groups in total. The largest absolute Gasteiger partial charge is 0.398 e. The monoisotopic (exact) mass is 305 g/mol. The van der Waals surface area contributed by atoms with Crippen molar-refractivity contribution >= 4 is 25.5 Å². The van der Waals surface area contributed by atoms with Crippen LogP contribution in [-0.2, 0) is 19.9 Å². The van der Waals surface area contributed by atoms with Gasteiger partial charge in [-0.2, -0.15) is 0 Å². The molecule has 1 aliphatic rings. The molecule has 1 unspecified atom stereocenters. The molecule has 0 amide bonds. The van der Waals surface area contributed by atoms with Gasteiger partial charge in [-0.1, -0.05) is 0 Å². The molecule has 106 valence electrons. The highest BCUT2D eigenvalue weighted by atomic mass is 32.2. The van der Waals surface area contributed by atoms with Gasteiger partial charge >= 0.3 is 0 Å². The molecule has 1 fully saturated rings. The number of hydrogen-bond donors (Lipinski definition) is 2. The fourth-order valence-corrected chi connectivity index (χ4v) is 5.01. The van der Waals surface area contributed by atoms with Crippen molar-refractivity contribution in [3.05, 3.63) is 18.5 Å². The van der Waals surface area contributed by atoms with Crippen molar-refractivity contribution in [2.75, 3.05) is 18.0 Å². The summed E-state index contributed by atoms with van der Waals surface area (Å²) in [6.07, 6.45) is 3.58. The van der Waals surface area contributed by atoms with E-state index in [-0.39, 0.29) is 22.9 Å². The van der Waals surface area contributed by atoms with Gasteiger partial charge in [0.05, 0.1) is 16.7 Å². The molecule has 1 atom stereocenters. The molecule has 9 heteroatoms. The van der Waals surface area contributed by atoms with Crippen LogP contribution in [0, 0.1) is 0 Å². The zero-order valence-corrected chi connectivity index (χ0v) is 11.7. The first-order chi connectivity index (χ1) is 8.83. The fourth-order valence-electron chi connectivity index (χ4n) is 1.98. The van der Waals surface area contributed by atoms with Crippen LogP contribution < -0.4 is 10.5 Å². The van der Waals surface area contributed by atoms with Gasteiger partial charge in [-0.15, -0.1) is 0 Å². The Bertz CT molecular complexity index is 670. The summed E-state index contributed by atoms with van der Waals surface area (Å²) in [7, 11) is -7.01. The second-order valence-electron chi connectivity index (χ2n) is 4.40. The first-order valence-corrected chi connectivity index (χ1v) is 8.93. The highest BCUT2D eigenvalue weighted by molar-refractivity contribution is 7.92. The predicted octanol–water partition coefficient (Wildman–Crippen LogP) is -0.481. The van der Waals surface area contributed by atoms with Crippen molar-refractivity contribution in [2.45, 2.75) is 23.0 Å². The quantitative estimate of drug-likeness (QED) is 0.775. The normalized spacial score (nSPS) is 22.4. The summed E-state index contributed by atoms with van der Waals surface area (Å²) in [4.78, 5) is 3.57. The number of anilines is 1. The van der Waals surface area contributed by atoms with Crippen LogP contribution in [0.3, 0.4) is 0 Å². The van der Waals surface area contributed by atoms with Gasteiger partial charge in [-0.25, -0.2) is 21.6 Å². The topological polar surface area (TPSA) is 119 Å². The second kappa shape index (κ2) is 5.06. The minimum absolute atomic E-state index is 0.0804. The summed E-state index contributed by atoms with van der Waals surface area (Å²) in [5, 5.41) is -0.653. The predicted molar refractivity (Wildman–Crippen MR) is 70.6 cm³/mol. The number of rotatable bonds is 4. The zero-order chi connectivity index (χ0) is 14.1. The van der Waals surface area contributed by atoms with E-state index < -0.39 is 25.1 Å². The number of nitrogens with zero attached hydrogens (tertiary/aromatic N) is 1. The smallest absolute Gasteiger partial charge is 0.244 e. The Kier molecular flexibility index (Phi) is 3.79. The summed E-state index contributed by atoms with van der Waals surface area (Å²) in [5.74, 6) is 0.119. The van der Waals surface area contributed by atoms with E-state index in [1.165, 1.54) is 12.3 Å². The summed E-state index contributed by atoms with van der Waals surface area (Å²) < 4.78 is 49.5. The van der Waals surface area contributed by atoms with E-state index in [1.807, 2.05) is 0 Å². The van der Waals surface area contributed by atoms with Crippen LogP contribution in [-0.4, -0.2) is 39.4 Å². The van der Waals surface area contributed by atoms with Gasteiger partial charge in [-0.05, 0) is 18.9 Å². The zero-order valence-electron chi connectivity index (χ0n) is 10.1. The number of nitrogen functional groups attached to an aromatic ring is 1. The third kappa shape index (κ3) is 3.04. The van der Waals surface area contributed by atoms with Crippen LogP contribution in [0.5, 0.6) is 0 Å². The molecule has 1 aromatic heterocycles. The number of pyridine rings is 1. The van der Waals surface area contributed by atoms with Gasteiger partial charge in [0.2, 0.25) is 10.0 Å². The van der Waals surface area contributed by atoms with E-state index >= 15 is 0 Å². The lowest BCUT2D eigenvalue weighted by atomic mass is 10.2. The van der Waals surface area contributed by atoms with Crippen LogP contribution >= 0.6 is 0 Å². The molecule has 7 nitrogen and oxygen atoms in total. The molecule has 0 radical (unpaired) electrons. The first-order valence-electron chi connectivity index (χ1n) is 5.74. The van der Waals surface area contributed by atoms with Crippen molar-refractivity contribution in [1.82, 2.24) is 9.71 Å². The van der Waals surface area contributed by atoms with E-state index in [1.54, 1.807) is 0 Å². The lowest BCUT2D eigenvalue weighted by Crippen LogP contribution is -2.34. The fraction of sp³-hybridized carbons (Fsp3) is 0.500. The molecule has 19 heavy (non-hydrogen) atoms. The van der Waals surface area contributed by atoms with Crippen LogP contribution in [0.4, 0.5) is 5.69 Å². The van der Waals surface area contributed by atoms with Crippen LogP contribution in [0.25, 0.3) is 0 Å². The molecule has 1 saturated heterocycles. The molecular weight excluding hydrogens is 290 g/mol. The molecular formula is C10H15N3O4S2. The third-order valence-corrected chi connectivity index (χ3v) is 6.81. The number of hydrogen-bond acceptors (Lipinski definition) is 6. The maximum atomic E-state index is 12.0. The Morgan fingerprint density at radius 3 is 2.79 bits per heavy atom. The van der Waals surface area contributed by atoms with Crippen LogP contribution in [0.15, 0.2) is 23.4 Å². The van der Waals surface area contributed by atoms with Gasteiger partial charge in [-0.3, -0.25) is 4.98 Å². The van der Waals surface area contributed by atoms with Crippen molar-refractivity contribution in [3.63, 3.8) is 0 Å². The van der Waals surface area contributed by atoms with E-state index in [0.717, 1.165) is 6.20 Å². The van der Waals surface area contributed by atoms with Crippen molar-refractivity contribution in [2.24, 2.45) is 0 Å². The summed E-state index contributed by atoms with van der Waals surface area (Å²) in [5.41, 5.74) is 5.65. The van der Waals surface area contributed by atoms with Gasteiger partial charge in [0.25, 0.3) is 0 Å². The third-order valence-electron chi connectivity index (χ3n) is 3.07. The van der Waals surface area contributed by atoms with Crippen molar-refractivity contribution in [1.29, 1.82) is 0 Å². The number of aromatic nitrogens is 1. The maximum Gasteiger partial charge on any atom is 0.244 e. The molecule has 2 rings (SSSR count). The molecule has 1 aliphatic heterocycles. The van der Waals surface area contributed by atoms with E-state index in [4.69, 9.17) is 5.73 Å². The van der Waals surface area contributed by atoms with Crippen LogP contribution in [0.2, 0.25) is 0 Å². The van der Waals surface area contributed by atoms with Gasteiger partial charge in [0.1, 0.15) is 4.90 Å². The summed E-state index contributed by atoms with van der Waals surface area (Å²) >= 11 is 0. The minimum Gasteiger partial charge on any atom is -0.398 e. The lowest BCUT2D eigenvalue weighted by molar-refractivity contribution is 0.571. The number of sulfonamides is 1. The van der Waals surface area contributed by atoms with E-state index in [0.29, 0.717) is 12.8 Å². The second-order valence-corrected chi connectivity index (χ2v) is 8.53. The number of nitrogens with two attached hydrogens (primary N) is 1. The van der Waals surface area contributed by atoms with Crippen molar-refractivity contribution < 1.29 is 16.8 Å². The Hall–Kier alpha value is -1.19. The van der Waals surface area contributed by atoms with Gasteiger partial charge in [0.15, 0.2) is 9.84 Å². The van der Waals surface area contributed by atoms with Crippen LogP contribution in [0.1, 0.15) is 12.8 Å². The average molecular weight is 305 g/mol. The molecule has 0 aromatic carbocycles. The number of sulfone groups is 1. The van der Waals surface area contributed by atoms with Gasteiger partial charge in [0, 0.05) is 18.9 Å².